The van der Waals surface area contributed by atoms with Gasteiger partial charge >= 0.3 is 0 Å². The van der Waals surface area contributed by atoms with Crippen LogP contribution in [0.5, 0.6) is 0 Å². The van der Waals surface area contributed by atoms with Crippen molar-refractivity contribution in [2.45, 2.75) is 26.8 Å². The van der Waals surface area contributed by atoms with Crippen LogP contribution in [-0.2, 0) is 4.79 Å². The highest BCUT2D eigenvalue weighted by atomic mass is 16.6. The summed E-state index contributed by atoms with van der Waals surface area (Å²) in [6.45, 7) is 5.53. The third kappa shape index (κ3) is 5.73. The predicted octanol–water partition coefficient (Wildman–Crippen LogP) is 2.81. The molecule has 8 nitrogen and oxygen atoms in total. The Morgan fingerprint density at radius 1 is 1.14 bits per heavy atom. The number of hydrogen-bond donors (Lipinski definition) is 2. The maximum atomic E-state index is 12.4. The van der Waals surface area contributed by atoms with Crippen molar-refractivity contribution in [1.29, 1.82) is 0 Å². The maximum absolute atomic E-state index is 12.4. The molecule has 8 heteroatoms. The molecule has 2 aromatic rings. The molecular formula is C20H22N4O4. The summed E-state index contributed by atoms with van der Waals surface area (Å²) in [6.07, 6.45) is 1.38. The van der Waals surface area contributed by atoms with Gasteiger partial charge in [0.05, 0.1) is 11.1 Å². The Labute approximate surface area is 162 Å². The number of amides is 2. The zero-order valence-electron chi connectivity index (χ0n) is 15.9. The van der Waals surface area contributed by atoms with Crippen LogP contribution < -0.4 is 10.7 Å². The van der Waals surface area contributed by atoms with E-state index in [4.69, 9.17) is 0 Å². The molecule has 0 bridgehead atoms. The fraction of sp³-hybridized carbons (Fsp3) is 0.250. The van der Waals surface area contributed by atoms with Crippen molar-refractivity contribution in [3.05, 3.63) is 75.3 Å². The number of nitrogens with one attached hydrogen (secondary N) is 2. The molecule has 2 N–H and O–H groups in total. The third-order valence-electron chi connectivity index (χ3n) is 4.01. The van der Waals surface area contributed by atoms with Crippen LogP contribution >= 0.6 is 0 Å². The van der Waals surface area contributed by atoms with E-state index in [9.17, 15) is 19.7 Å². The molecule has 2 rings (SSSR count). The zero-order chi connectivity index (χ0) is 20.7. The van der Waals surface area contributed by atoms with Crippen LogP contribution in [0.4, 0.5) is 5.69 Å². The van der Waals surface area contributed by atoms with Crippen LogP contribution in [0.25, 0.3) is 0 Å². The number of carbonyl (C=O) groups is 2. The van der Waals surface area contributed by atoms with Crippen molar-refractivity contribution >= 4 is 23.7 Å². The van der Waals surface area contributed by atoms with Crippen LogP contribution in [0.15, 0.2) is 53.6 Å². The maximum Gasteiger partial charge on any atom is 0.269 e. The Balaban J connectivity index is 2.00. The van der Waals surface area contributed by atoms with E-state index >= 15 is 0 Å². The highest BCUT2D eigenvalue weighted by Crippen LogP contribution is 2.11. The molecule has 0 aromatic heterocycles. The molecule has 0 spiro atoms. The van der Waals surface area contributed by atoms with Crippen molar-refractivity contribution in [3.63, 3.8) is 0 Å². The molecule has 0 aliphatic rings. The van der Waals surface area contributed by atoms with E-state index < -0.39 is 16.9 Å². The molecule has 2 aromatic carbocycles. The number of nitrogens with zero attached hydrogens (tertiary/aromatic N) is 2. The zero-order valence-corrected chi connectivity index (χ0v) is 15.9. The molecule has 0 saturated carbocycles. The first kappa shape index (κ1) is 20.8. The van der Waals surface area contributed by atoms with Gasteiger partial charge in [-0.3, -0.25) is 19.7 Å². The Kier molecular flexibility index (Phi) is 6.97. The van der Waals surface area contributed by atoms with Gasteiger partial charge in [0.15, 0.2) is 0 Å². The quantitative estimate of drug-likeness (QED) is 0.435. The minimum atomic E-state index is -0.762. The summed E-state index contributed by atoms with van der Waals surface area (Å²) in [4.78, 5) is 35.0. The molecule has 0 unspecified atom stereocenters. The lowest BCUT2D eigenvalue weighted by Gasteiger charge is -2.20. The number of nitro benzene ring substituents is 1. The van der Waals surface area contributed by atoms with Crippen molar-refractivity contribution < 1.29 is 14.5 Å². The highest BCUT2D eigenvalue weighted by Gasteiger charge is 2.24. The van der Waals surface area contributed by atoms with Gasteiger partial charge in [0.25, 0.3) is 17.5 Å². The molecule has 0 aliphatic heterocycles. The molecule has 0 saturated heterocycles. The van der Waals surface area contributed by atoms with Gasteiger partial charge < -0.3 is 5.32 Å². The fourth-order valence-corrected chi connectivity index (χ4v) is 2.47. The van der Waals surface area contributed by atoms with Gasteiger partial charge in [-0.15, -0.1) is 0 Å². The van der Waals surface area contributed by atoms with Gasteiger partial charge in [-0.05, 0) is 42.7 Å². The molecule has 0 aliphatic carbocycles. The standard InChI is InChI=1S/C20H22N4O4/c1-13(2)18(22-19(25)16-6-4-5-14(3)11-16)20(26)23-21-12-15-7-9-17(10-8-15)24(27)28/h4-13,18H,1-3H3,(H,22,25)(H,23,26)/t18-/m0/s1. The number of aryl methyl sites for hydroxylation is 1. The summed E-state index contributed by atoms with van der Waals surface area (Å²) in [5, 5.41) is 17.2. The summed E-state index contributed by atoms with van der Waals surface area (Å²) in [6, 6.07) is 12.1. The Morgan fingerprint density at radius 2 is 1.82 bits per heavy atom. The Hall–Kier alpha value is -3.55. The molecule has 2 amide bonds. The van der Waals surface area contributed by atoms with E-state index in [-0.39, 0.29) is 17.5 Å². The van der Waals surface area contributed by atoms with Gasteiger partial charge in [-0.25, -0.2) is 5.43 Å². The second-order valence-corrected chi connectivity index (χ2v) is 6.65. The lowest BCUT2D eigenvalue weighted by atomic mass is 10.0. The van der Waals surface area contributed by atoms with Crippen LogP contribution in [0, 0.1) is 23.0 Å². The van der Waals surface area contributed by atoms with Crippen molar-refractivity contribution in [2.24, 2.45) is 11.0 Å². The topological polar surface area (TPSA) is 114 Å². The molecule has 0 fully saturated rings. The number of benzene rings is 2. The monoisotopic (exact) mass is 382 g/mol. The lowest BCUT2D eigenvalue weighted by molar-refractivity contribution is -0.384. The third-order valence-corrected chi connectivity index (χ3v) is 4.01. The van der Waals surface area contributed by atoms with Crippen LogP contribution in [0.1, 0.15) is 35.3 Å². The number of hydrogen-bond acceptors (Lipinski definition) is 5. The lowest BCUT2D eigenvalue weighted by Crippen LogP contribution is -2.48. The van der Waals surface area contributed by atoms with Gasteiger partial charge in [0, 0.05) is 17.7 Å². The minimum Gasteiger partial charge on any atom is -0.340 e. The highest BCUT2D eigenvalue weighted by molar-refractivity contribution is 5.97. The smallest absolute Gasteiger partial charge is 0.269 e. The van der Waals surface area contributed by atoms with E-state index in [1.54, 1.807) is 18.2 Å². The van der Waals surface area contributed by atoms with Crippen molar-refractivity contribution in [3.8, 4) is 0 Å². The number of non-ortho nitro benzene ring substituents is 1. The SMILES string of the molecule is Cc1cccc(C(=O)N[C@H](C(=O)NN=Cc2ccc([N+](=O)[O-])cc2)C(C)C)c1. The van der Waals surface area contributed by atoms with E-state index in [1.807, 2.05) is 26.8 Å². The van der Waals surface area contributed by atoms with Gasteiger partial charge in [0.1, 0.15) is 6.04 Å². The first-order valence-electron chi connectivity index (χ1n) is 8.73. The second kappa shape index (κ2) is 9.40. The molecule has 28 heavy (non-hydrogen) atoms. The first-order chi connectivity index (χ1) is 13.3. The average molecular weight is 382 g/mol. The average Bonchev–Trinajstić information content (AvgIpc) is 2.65. The summed E-state index contributed by atoms with van der Waals surface area (Å²) in [7, 11) is 0. The largest absolute Gasteiger partial charge is 0.340 e. The van der Waals surface area contributed by atoms with Gasteiger partial charge in [0.2, 0.25) is 0 Å². The molecule has 0 heterocycles. The van der Waals surface area contributed by atoms with Gasteiger partial charge in [-0.1, -0.05) is 31.5 Å². The first-order valence-corrected chi connectivity index (χ1v) is 8.73. The summed E-state index contributed by atoms with van der Waals surface area (Å²) >= 11 is 0. The normalized spacial score (nSPS) is 12.0. The van der Waals surface area contributed by atoms with E-state index in [1.165, 1.54) is 30.5 Å². The minimum absolute atomic E-state index is 0.0279. The summed E-state index contributed by atoms with van der Waals surface area (Å²) < 4.78 is 0. The molecule has 1 atom stereocenters. The van der Waals surface area contributed by atoms with Crippen LogP contribution in [-0.4, -0.2) is 29.0 Å². The molecular weight excluding hydrogens is 360 g/mol. The predicted molar refractivity (Wildman–Crippen MR) is 106 cm³/mol. The van der Waals surface area contributed by atoms with Crippen LogP contribution in [0.3, 0.4) is 0 Å². The Morgan fingerprint density at radius 3 is 2.39 bits per heavy atom. The fourth-order valence-electron chi connectivity index (χ4n) is 2.47. The van der Waals surface area contributed by atoms with E-state index in [0.717, 1.165) is 5.56 Å². The van der Waals surface area contributed by atoms with Crippen molar-refractivity contribution in [1.82, 2.24) is 10.7 Å². The number of carbonyl (C=O) groups excluding carboxylic acids is 2. The second-order valence-electron chi connectivity index (χ2n) is 6.65. The summed E-state index contributed by atoms with van der Waals surface area (Å²) in [5.74, 6) is -0.936. The Bertz CT molecular complexity index is 891. The summed E-state index contributed by atoms with van der Waals surface area (Å²) in [5.41, 5.74) is 4.39. The molecule has 146 valence electrons. The molecule has 0 radical (unpaired) electrons. The van der Waals surface area contributed by atoms with E-state index in [0.29, 0.717) is 11.1 Å². The number of nitro groups is 1. The van der Waals surface area contributed by atoms with Gasteiger partial charge in [-0.2, -0.15) is 5.10 Å². The van der Waals surface area contributed by atoms with Crippen molar-refractivity contribution in [2.75, 3.05) is 0 Å². The van der Waals surface area contributed by atoms with E-state index in [2.05, 4.69) is 15.8 Å². The number of rotatable bonds is 7. The number of hydrazone groups is 1. The van der Waals surface area contributed by atoms with Crippen LogP contribution in [0.2, 0.25) is 0 Å².